The summed E-state index contributed by atoms with van der Waals surface area (Å²) in [6, 6.07) is 16.9. The summed E-state index contributed by atoms with van der Waals surface area (Å²) >= 11 is 5.78. The molecule has 21 heavy (non-hydrogen) atoms. The van der Waals surface area contributed by atoms with Crippen LogP contribution in [0.5, 0.6) is 0 Å². The zero-order chi connectivity index (χ0) is 14.7. The predicted molar refractivity (Wildman–Crippen MR) is 86.0 cm³/mol. The van der Waals surface area contributed by atoms with Gasteiger partial charge >= 0.3 is 133 Å². The van der Waals surface area contributed by atoms with Crippen LogP contribution in [0.25, 0.3) is 11.3 Å². The Morgan fingerprint density at radius 2 is 1.76 bits per heavy atom. The normalized spacial score (nSPS) is 10.3. The Hall–Kier alpha value is -1.87. The van der Waals surface area contributed by atoms with E-state index in [4.69, 9.17) is 11.6 Å². The van der Waals surface area contributed by atoms with Crippen LogP contribution in [0, 0.1) is 0 Å². The summed E-state index contributed by atoms with van der Waals surface area (Å²) in [4.78, 5) is 18.7. The van der Waals surface area contributed by atoms with Crippen molar-refractivity contribution in [3.05, 3.63) is 69.1 Å². The molecule has 0 spiro atoms. The van der Waals surface area contributed by atoms with Crippen LogP contribution in [0.4, 0.5) is 5.69 Å². The fourth-order valence-corrected chi connectivity index (χ4v) is 3.48. The van der Waals surface area contributed by atoms with Crippen molar-refractivity contribution in [1.82, 2.24) is 4.98 Å². The number of anilines is 1. The number of carbonyl (C=O) groups is 1. The molecule has 0 aliphatic heterocycles. The first-order chi connectivity index (χ1) is 10.2. The van der Waals surface area contributed by atoms with Crippen molar-refractivity contribution in [2.24, 2.45) is 0 Å². The minimum absolute atomic E-state index is 0.0400. The second kappa shape index (κ2) is 6.27. The summed E-state index contributed by atoms with van der Waals surface area (Å²) in [6.07, 6.45) is 0. The van der Waals surface area contributed by atoms with E-state index in [0.717, 1.165) is 16.9 Å². The second-order valence-electron chi connectivity index (χ2n) is 4.36. The van der Waals surface area contributed by atoms with E-state index in [-0.39, 0.29) is 20.4 Å². The molecule has 1 aromatic heterocycles. The minimum atomic E-state index is -0.153. The molecule has 0 saturated carbocycles. The molecular formula is C16H11ClN2OSe. The number of aromatic nitrogens is 1. The average molecular weight is 362 g/mol. The molecule has 0 unspecified atom stereocenters. The Morgan fingerprint density at radius 1 is 1.05 bits per heavy atom. The molecule has 3 nitrogen and oxygen atoms in total. The Morgan fingerprint density at radius 3 is 2.48 bits per heavy atom. The van der Waals surface area contributed by atoms with Crippen LogP contribution in [-0.2, 0) is 0 Å². The monoisotopic (exact) mass is 362 g/mol. The molecule has 1 heterocycles. The molecule has 0 saturated heterocycles. The van der Waals surface area contributed by atoms with Gasteiger partial charge in [-0.1, -0.05) is 0 Å². The van der Waals surface area contributed by atoms with Gasteiger partial charge in [-0.15, -0.1) is 0 Å². The van der Waals surface area contributed by atoms with Crippen molar-refractivity contribution in [1.29, 1.82) is 0 Å². The third-order valence-corrected chi connectivity index (χ3v) is 4.89. The first-order valence-electron chi connectivity index (χ1n) is 6.30. The molecule has 0 radical (unpaired) electrons. The van der Waals surface area contributed by atoms with E-state index in [1.807, 2.05) is 35.3 Å². The maximum atomic E-state index is 12.2. The Bertz CT molecular complexity index is 753. The summed E-state index contributed by atoms with van der Waals surface area (Å²) in [7, 11) is 0. The topological polar surface area (TPSA) is 42.0 Å². The van der Waals surface area contributed by atoms with Crippen LogP contribution in [-0.4, -0.2) is 25.4 Å². The molecule has 3 rings (SSSR count). The van der Waals surface area contributed by atoms with Crippen molar-refractivity contribution >= 4 is 37.7 Å². The molecule has 3 aromatic rings. The molecule has 5 heteroatoms. The van der Waals surface area contributed by atoms with E-state index in [1.54, 1.807) is 24.3 Å². The fraction of sp³-hybridized carbons (Fsp3) is 0. The Balaban J connectivity index is 1.77. The van der Waals surface area contributed by atoms with E-state index in [1.165, 1.54) is 0 Å². The zero-order valence-corrected chi connectivity index (χ0v) is 13.4. The third-order valence-electron chi connectivity index (χ3n) is 2.87. The van der Waals surface area contributed by atoms with E-state index in [9.17, 15) is 4.79 Å². The number of hydrogen-bond acceptors (Lipinski definition) is 2. The molecule has 0 aliphatic rings. The average Bonchev–Trinajstić information content (AvgIpc) is 3.00. The first-order valence-corrected chi connectivity index (χ1v) is 8.52. The Labute approximate surface area is 133 Å². The molecule has 0 bridgehead atoms. The van der Waals surface area contributed by atoms with Crippen LogP contribution in [0.15, 0.2) is 59.5 Å². The van der Waals surface area contributed by atoms with Gasteiger partial charge < -0.3 is 0 Å². The quantitative estimate of drug-likeness (QED) is 0.723. The molecule has 0 fully saturated rings. The van der Waals surface area contributed by atoms with Crippen molar-refractivity contribution in [2.45, 2.75) is 0 Å². The molecule has 2 aromatic carbocycles. The van der Waals surface area contributed by atoms with Gasteiger partial charge in [0.1, 0.15) is 0 Å². The SMILES string of the molecule is O=C(Nc1ccc(Cl)cc1)c1nc(-c2ccccc2)c[se]1. The zero-order valence-electron chi connectivity index (χ0n) is 10.9. The number of nitrogens with zero attached hydrogens (tertiary/aromatic N) is 1. The standard InChI is InChI=1S/C16H11ClN2OSe/c17-12-6-8-13(9-7-12)18-15(20)16-19-14(10-21-16)11-4-2-1-3-5-11/h1-10H,(H,18,20). The summed E-state index contributed by atoms with van der Waals surface area (Å²) in [6.45, 7) is 0. The van der Waals surface area contributed by atoms with Crippen molar-refractivity contribution < 1.29 is 4.79 Å². The van der Waals surface area contributed by atoms with E-state index in [0.29, 0.717) is 9.59 Å². The molecule has 1 amide bonds. The first kappa shape index (κ1) is 14.1. The number of rotatable bonds is 3. The van der Waals surface area contributed by atoms with Crippen LogP contribution < -0.4 is 5.32 Å². The predicted octanol–water partition coefficient (Wildman–Crippen LogP) is 3.71. The van der Waals surface area contributed by atoms with Gasteiger partial charge in [0.15, 0.2) is 0 Å². The molecule has 1 N–H and O–H groups in total. The Kier molecular flexibility index (Phi) is 4.20. The van der Waals surface area contributed by atoms with Crippen LogP contribution >= 0.6 is 11.6 Å². The van der Waals surface area contributed by atoms with Gasteiger partial charge in [-0.2, -0.15) is 0 Å². The van der Waals surface area contributed by atoms with Crippen molar-refractivity contribution in [3.8, 4) is 11.3 Å². The number of benzene rings is 2. The van der Waals surface area contributed by atoms with Crippen LogP contribution in [0.1, 0.15) is 9.36 Å². The number of hydrogen-bond donors (Lipinski definition) is 1. The second-order valence-corrected chi connectivity index (χ2v) is 6.60. The van der Waals surface area contributed by atoms with Crippen molar-refractivity contribution in [2.75, 3.05) is 5.32 Å². The fourth-order valence-electron chi connectivity index (χ4n) is 1.84. The third kappa shape index (κ3) is 3.42. The van der Waals surface area contributed by atoms with E-state index >= 15 is 0 Å². The summed E-state index contributed by atoms with van der Waals surface area (Å²) in [5.41, 5.74) is 2.63. The van der Waals surface area contributed by atoms with Crippen LogP contribution in [0.2, 0.25) is 5.02 Å². The number of nitrogens with one attached hydrogen (secondary N) is 1. The molecule has 0 atom stereocenters. The number of carbonyl (C=O) groups excluding carboxylic acids is 1. The van der Waals surface area contributed by atoms with Gasteiger partial charge in [-0.25, -0.2) is 0 Å². The van der Waals surface area contributed by atoms with Crippen LogP contribution in [0.3, 0.4) is 0 Å². The maximum absolute atomic E-state index is 12.2. The van der Waals surface area contributed by atoms with Gasteiger partial charge in [0.05, 0.1) is 0 Å². The van der Waals surface area contributed by atoms with Gasteiger partial charge in [0.2, 0.25) is 0 Å². The van der Waals surface area contributed by atoms with Gasteiger partial charge in [-0.05, 0) is 0 Å². The number of amides is 1. The van der Waals surface area contributed by atoms with E-state index < -0.39 is 0 Å². The summed E-state index contributed by atoms with van der Waals surface area (Å²) < 4.78 is 0.580. The van der Waals surface area contributed by atoms with Gasteiger partial charge in [0, 0.05) is 0 Å². The summed E-state index contributed by atoms with van der Waals surface area (Å²) in [5, 5.41) is 3.48. The molecular weight excluding hydrogens is 351 g/mol. The van der Waals surface area contributed by atoms with Gasteiger partial charge in [-0.3, -0.25) is 0 Å². The van der Waals surface area contributed by atoms with Gasteiger partial charge in [0.25, 0.3) is 0 Å². The van der Waals surface area contributed by atoms with E-state index in [2.05, 4.69) is 10.3 Å². The summed E-state index contributed by atoms with van der Waals surface area (Å²) in [5.74, 6) is -0.153. The molecule has 104 valence electrons. The van der Waals surface area contributed by atoms with Crippen molar-refractivity contribution in [3.63, 3.8) is 0 Å². The number of halogens is 1. The molecule has 0 aliphatic carbocycles.